The Kier molecular flexibility index (Phi) is 3.61. The Labute approximate surface area is 146 Å². The highest BCUT2D eigenvalue weighted by Gasteiger charge is 2.80. The Morgan fingerprint density at radius 3 is 2.62 bits per heavy atom. The van der Waals surface area contributed by atoms with Crippen molar-refractivity contribution in [3.05, 3.63) is 12.2 Å². The second-order valence-electron chi connectivity index (χ2n) is 9.96. The fraction of sp³-hybridized carbons (Fsp3) is 0.905. The number of hydrogen-bond acceptors (Lipinski definition) is 3. The van der Waals surface area contributed by atoms with E-state index in [4.69, 9.17) is 5.73 Å². The van der Waals surface area contributed by atoms with Crippen LogP contribution in [-0.2, 0) is 0 Å². The summed E-state index contributed by atoms with van der Waals surface area (Å²) in [6.07, 6.45) is 8.52. The zero-order valence-corrected chi connectivity index (χ0v) is 15.5. The molecule has 0 bridgehead atoms. The van der Waals surface area contributed by atoms with Gasteiger partial charge in [-0.1, -0.05) is 26.0 Å². The lowest BCUT2D eigenvalue weighted by Crippen LogP contribution is -2.52. The maximum absolute atomic E-state index is 10.1. The van der Waals surface area contributed by atoms with Gasteiger partial charge in [0.2, 0.25) is 0 Å². The number of fused-ring (bicyclic) bond motifs is 3. The van der Waals surface area contributed by atoms with E-state index in [1.807, 2.05) is 0 Å². The number of aliphatic hydroxyl groups excluding tert-OH is 2. The van der Waals surface area contributed by atoms with Crippen LogP contribution >= 0.6 is 0 Å². The molecule has 0 saturated heterocycles. The minimum absolute atomic E-state index is 0.117. The third kappa shape index (κ3) is 1.74. The lowest BCUT2D eigenvalue weighted by molar-refractivity contribution is -0.0952. The zero-order chi connectivity index (χ0) is 17.4. The fourth-order valence-corrected chi connectivity index (χ4v) is 7.92. The van der Waals surface area contributed by atoms with Gasteiger partial charge in [0.15, 0.2) is 0 Å². The normalized spacial score (nSPS) is 56.7. The smallest absolute Gasteiger partial charge is 0.0544 e. The van der Waals surface area contributed by atoms with E-state index in [-0.39, 0.29) is 40.3 Å². The van der Waals surface area contributed by atoms with Crippen LogP contribution in [-0.4, -0.2) is 29.5 Å². The quantitative estimate of drug-likeness (QED) is 0.695. The molecule has 136 valence electrons. The highest BCUT2D eigenvalue weighted by Crippen LogP contribution is 2.86. The molecule has 4 aliphatic rings. The summed E-state index contributed by atoms with van der Waals surface area (Å²) in [5, 5.41) is 20.2. The molecule has 0 unspecified atom stereocenters. The molecule has 3 heteroatoms. The van der Waals surface area contributed by atoms with Gasteiger partial charge in [0.1, 0.15) is 0 Å². The second kappa shape index (κ2) is 5.08. The summed E-state index contributed by atoms with van der Waals surface area (Å²) in [5.74, 6) is 0.878. The summed E-state index contributed by atoms with van der Waals surface area (Å²) < 4.78 is 0. The minimum atomic E-state index is -0.238. The predicted molar refractivity (Wildman–Crippen MR) is 96.3 cm³/mol. The average Bonchev–Trinajstić information content (AvgIpc) is 3.18. The van der Waals surface area contributed by atoms with E-state index in [0.717, 1.165) is 32.2 Å². The van der Waals surface area contributed by atoms with Gasteiger partial charge >= 0.3 is 0 Å². The standard InChI is InChI=1S/C21H35NO2/c1-14-4-5-17-18(14,2)8-9-21(12-20(17,21)13-22)19(3)7-6-16(24)10-15(19)11-23/h15-17,23-24H,1,4-13,22H2,2-3H3/t15-,16+,17-,18-,19+,20+,21+/m1/s1. The molecule has 0 radical (unpaired) electrons. The maximum Gasteiger partial charge on any atom is 0.0544 e. The molecule has 0 amide bonds. The monoisotopic (exact) mass is 333 g/mol. The average molecular weight is 334 g/mol. The van der Waals surface area contributed by atoms with Gasteiger partial charge in [0.25, 0.3) is 0 Å². The molecule has 4 aliphatic carbocycles. The number of aliphatic hydroxyl groups is 2. The number of hydrogen-bond donors (Lipinski definition) is 3. The van der Waals surface area contributed by atoms with Crippen LogP contribution in [0.1, 0.15) is 65.2 Å². The Balaban J connectivity index is 1.73. The van der Waals surface area contributed by atoms with E-state index in [2.05, 4.69) is 20.4 Å². The summed E-state index contributed by atoms with van der Waals surface area (Å²) >= 11 is 0. The van der Waals surface area contributed by atoms with Crippen LogP contribution in [0.3, 0.4) is 0 Å². The third-order valence-corrected chi connectivity index (χ3v) is 9.63. The second-order valence-corrected chi connectivity index (χ2v) is 9.96. The van der Waals surface area contributed by atoms with Crippen LogP contribution in [0.4, 0.5) is 0 Å². The van der Waals surface area contributed by atoms with E-state index in [0.29, 0.717) is 5.92 Å². The van der Waals surface area contributed by atoms with Gasteiger partial charge in [-0.3, -0.25) is 0 Å². The van der Waals surface area contributed by atoms with Crippen LogP contribution in [0.15, 0.2) is 12.2 Å². The molecule has 24 heavy (non-hydrogen) atoms. The van der Waals surface area contributed by atoms with Gasteiger partial charge in [-0.05, 0) is 91.4 Å². The van der Waals surface area contributed by atoms with Crippen LogP contribution in [0.2, 0.25) is 0 Å². The summed E-state index contributed by atoms with van der Waals surface area (Å²) in [6.45, 7) is 10.2. The molecular weight excluding hydrogens is 298 g/mol. The van der Waals surface area contributed by atoms with Crippen LogP contribution < -0.4 is 5.73 Å². The molecule has 4 N–H and O–H groups in total. The van der Waals surface area contributed by atoms with Crippen molar-refractivity contribution in [3.8, 4) is 0 Å². The molecule has 0 heterocycles. The molecule has 0 spiro atoms. The third-order valence-electron chi connectivity index (χ3n) is 9.63. The Hall–Kier alpha value is -0.380. The summed E-state index contributed by atoms with van der Waals surface area (Å²) in [5.41, 5.74) is 8.82. The zero-order valence-electron chi connectivity index (χ0n) is 15.5. The van der Waals surface area contributed by atoms with E-state index < -0.39 is 0 Å². The van der Waals surface area contributed by atoms with Gasteiger partial charge in [0, 0.05) is 6.61 Å². The van der Waals surface area contributed by atoms with Gasteiger partial charge < -0.3 is 15.9 Å². The van der Waals surface area contributed by atoms with Crippen molar-refractivity contribution in [2.75, 3.05) is 13.2 Å². The number of nitrogens with two attached hydrogens (primary N) is 1. The minimum Gasteiger partial charge on any atom is -0.396 e. The fourth-order valence-electron chi connectivity index (χ4n) is 7.92. The molecule has 4 saturated carbocycles. The maximum atomic E-state index is 10.1. The molecule has 4 rings (SSSR count). The predicted octanol–water partition coefficient (Wildman–Crippen LogP) is 3.25. The van der Waals surface area contributed by atoms with Gasteiger partial charge in [-0.15, -0.1) is 0 Å². The molecule has 0 aliphatic heterocycles. The number of rotatable bonds is 3. The topological polar surface area (TPSA) is 66.5 Å². The summed E-state index contributed by atoms with van der Waals surface area (Å²) in [6, 6.07) is 0. The van der Waals surface area contributed by atoms with Crippen molar-refractivity contribution in [3.63, 3.8) is 0 Å². The highest BCUT2D eigenvalue weighted by atomic mass is 16.3. The molecule has 0 aromatic carbocycles. The molecule has 0 aromatic rings. The largest absolute Gasteiger partial charge is 0.396 e. The molecule has 0 aromatic heterocycles. The number of allylic oxidation sites excluding steroid dienone is 1. The first kappa shape index (κ1) is 17.1. The van der Waals surface area contributed by atoms with E-state index >= 15 is 0 Å². The molecular formula is C21H35NO2. The molecule has 4 fully saturated rings. The van der Waals surface area contributed by atoms with Gasteiger partial charge in [0.05, 0.1) is 6.10 Å². The first-order chi connectivity index (χ1) is 11.3. The first-order valence-corrected chi connectivity index (χ1v) is 9.97. The van der Waals surface area contributed by atoms with Crippen molar-refractivity contribution in [2.24, 2.45) is 39.2 Å². The van der Waals surface area contributed by atoms with Crippen molar-refractivity contribution in [1.29, 1.82) is 0 Å². The van der Waals surface area contributed by atoms with Crippen LogP contribution in [0.5, 0.6) is 0 Å². The Morgan fingerprint density at radius 1 is 1.21 bits per heavy atom. The van der Waals surface area contributed by atoms with Crippen molar-refractivity contribution in [1.82, 2.24) is 0 Å². The van der Waals surface area contributed by atoms with Crippen molar-refractivity contribution in [2.45, 2.75) is 71.3 Å². The van der Waals surface area contributed by atoms with E-state index in [9.17, 15) is 10.2 Å². The lowest BCUT2D eigenvalue weighted by atomic mass is 9.49. The SMILES string of the molecule is C=C1CC[C@H]2[C@@]3(CN)C[C@]3([C@@]3(C)CC[C@H](O)C[C@@H]3CO)CC[C@]12C. The van der Waals surface area contributed by atoms with Crippen LogP contribution in [0.25, 0.3) is 0 Å². The van der Waals surface area contributed by atoms with Crippen molar-refractivity contribution < 1.29 is 10.2 Å². The van der Waals surface area contributed by atoms with Crippen molar-refractivity contribution >= 4 is 0 Å². The lowest BCUT2D eigenvalue weighted by Gasteiger charge is -2.56. The summed E-state index contributed by atoms with van der Waals surface area (Å²) in [7, 11) is 0. The van der Waals surface area contributed by atoms with E-state index in [1.54, 1.807) is 0 Å². The van der Waals surface area contributed by atoms with Gasteiger partial charge in [-0.2, -0.15) is 0 Å². The molecule has 3 nitrogen and oxygen atoms in total. The summed E-state index contributed by atoms with van der Waals surface area (Å²) in [4.78, 5) is 0. The first-order valence-electron chi connectivity index (χ1n) is 9.97. The van der Waals surface area contributed by atoms with Gasteiger partial charge in [-0.25, -0.2) is 0 Å². The van der Waals surface area contributed by atoms with E-state index in [1.165, 1.54) is 31.3 Å². The highest BCUT2D eigenvalue weighted by molar-refractivity contribution is 5.34. The van der Waals surface area contributed by atoms with Crippen LogP contribution in [0, 0.1) is 33.5 Å². The Morgan fingerprint density at radius 2 is 1.96 bits per heavy atom. The molecule has 7 atom stereocenters. The Bertz CT molecular complexity index is 562.